The fraction of sp³-hybridized carbons (Fsp3) is 0.350. The second kappa shape index (κ2) is 9.30. The number of hydrogen-bond donors (Lipinski definition) is 1. The van der Waals surface area contributed by atoms with Crippen LogP contribution >= 0.6 is 11.6 Å². The van der Waals surface area contributed by atoms with E-state index >= 15 is 0 Å². The minimum absolute atomic E-state index is 0.288. The molecule has 2 aromatic carbocycles. The predicted octanol–water partition coefficient (Wildman–Crippen LogP) is 4.23. The lowest BCUT2D eigenvalue weighted by Gasteiger charge is -2.31. The van der Waals surface area contributed by atoms with Gasteiger partial charge in [0.05, 0.1) is 18.6 Å². The van der Waals surface area contributed by atoms with Gasteiger partial charge < -0.3 is 10.1 Å². The van der Waals surface area contributed by atoms with Gasteiger partial charge in [-0.15, -0.1) is 0 Å². The number of rotatable bonds is 8. The average molecular weight is 425 g/mol. The molecule has 0 bridgehead atoms. The molecule has 1 unspecified atom stereocenters. The molecule has 0 aromatic heterocycles. The largest absolute Gasteiger partial charge is 0.494 e. The summed E-state index contributed by atoms with van der Waals surface area (Å²) in [4.78, 5) is 13.0. The van der Waals surface area contributed by atoms with Gasteiger partial charge in [-0.05, 0) is 50.1 Å². The summed E-state index contributed by atoms with van der Waals surface area (Å²) in [6.45, 7) is 5.92. The Balaban J connectivity index is 2.39. The van der Waals surface area contributed by atoms with Crippen molar-refractivity contribution >= 4 is 38.9 Å². The number of anilines is 2. The van der Waals surface area contributed by atoms with Crippen LogP contribution in [0.1, 0.15) is 25.8 Å². The van der Waals surface area contributed by atoms with E-state index in [1.54, 1.807) is 56.3 Å². The molecule has 1 atom stereocenters. The number of amides is 1. The number of ether oxygens (including phenoxy) is 1. The van der Waals surface area contributed by atoms with Crippen molar-refractivity contribution in [3.8, 4) is 5.75 Å². The van der Waals surface area contributed by atoms with E-state index in [4.69, 9.17) is 16.3 Å². The number of sulfonamides is 1. The Kier molecular flexibility index (Phi) is 7.32. The number of aryl methyl sites for hydroxylation is 1. The minimum Gasteiger partial charge on any atom is -0.494 e. The van der Waals surface area contributed by atoms with Crippen molar-refractivity contribution in [2.75, 3.05) is 22.5 Å². The summed E-state index contributed by atoms with van der Waals surface area (Å²) < 4.78 is 31.7. The lowest BCUT2D eigenvalue weighted by Crippen LogP contribution is -2.47. The van der Waals surface area contributed by atoms with Crippen LogP contribution in [0, 0.1) is 6.92 Å². The fourth-order valence-electron chi connectivity index (χ4n) is 2.91. The molecule has 8 heteroatoms. The first-order chi connectivity index (χ1) is 13.2. The summed E-state index contributed by atoms with van der Waals surface area (Å²) in [6.07, 6.45) is 1.37. The number of benzene rings is 2. The Morgan fingerprint density at radius 2 is 1.93 bits per heavy atom. The van der Waals surface area contributed by atoms with E-state index in [2.05, 4.69) is 5.32 Å². The number of carbonyl (C=O) groups is 1. The van der Waals surface area contributed by atoms with Crippen LogP contribution in [0.15, 0.2) is 42.5 Å². The first-order valence-corrected chi connectivity index (χ1v) is 11.2. The van der Waals surface area contributed by atoms with E-state index in [-0.39, 0.29) is 6.42 Å². The highest BCUT2D eigenvalue weighted by Gasteiger charge is 2.32. The maximum absolute atomic E-state index is 13.0. The Bertz CT molecular complexity index is 947. The lowest BCUT2D eigenvalue weighted by atomic mass is 10.1. The first-order valence-electron chi connectivity index (χ1n) is 8.96. The average Bonchev–Trinajstić information content (AvgIpc) is 2.61. The third kappa shape index (κ3) is 5.39. The zero-order valence-corrected chi connectivity index (χ0v) is 18.0. The predicted molar refractivity (Wildman–Crippen MR) is 114 cm³/mol. The molecule has 0 spiro atoms. The molecule has 1 N–H and O–H groups in total. The quantitative estimate of drug-likeness (QED) is 0.688. The summed E-state index contributed by atoms with van der Waals surface area (Å²) in [5.41, 5.74) is 1.63. The van der Waals surface area contributed by atoms with Gasteiger partial charge in [-0.25, -0.2) is 8.42 Å². The van der Waals surface area contributed by atoms with Crippen LogP contribution in [-0.2, 0) is 14.8 Å². The summed E-state index contributed by atoms with van der Waals surface area (Å²) in [7, 11) is -3.73. The van der Waals surface area contributed by atoms with Crippen LogP contribution < -0.4 is 14.4 Å². The number of carbonyl (C=O) groups excluding carboxylic acids is 1. The molecule has 2 rings (SSSR count). The van der Waals surface area contributed by atoms with Gasteiger partial charge in [-0.2, -0.15) is 0 Å². The SMILES string of the molecule is CCOc1cccc(NC(=O)C(CC)N(c2cc(Cl)ccc2C)S(C)(=O)=O)c1. The Hall–Kier alpha value is -2.25. The zero-order valence-electron chi connectivity index (χ0n) is 16.4. The van der Waals surface area contributed by atoms with Crippen molar-refractivity contribution in [1.82, 2.24) is 0 Å². The zero-order chi connectivity index (χ0) is 20.9. The van der Waals surface area contributed by atoms with Crippen molar-refractivity contribution in [2.24, 2.45) is 0 Å². The maximum atomic E-state index is 13.0. The lowest BCUT2D eigenvalue weighted by molar-refractivity contribution is -0.117. The Morgan fingerprint density at radius 1 is 1.21 bits per heavy atom. The smallest absolute Gasteiger partial charge is 0.248 e. The molecule has 0 aliphatic rings. The van der Waals surface area contributed by atoms with Gasteiger partial charge >= 0.3 is 0 Å². The molecule has 0 radical (unpaired) electrons. The molecule has 1 amide bonds. The second-order valence-corrected chi connectivity index (χ2v) is 8.66. The molecule has 28 heavy (non-hydrogen) atoms. The summed E-state index contributed by atoms with van der Waals surface area (Å²) in [5.74, 6) is 0.194. The fourth-order valence-corrected chi connectivity index (χ4v) is 4.34. The van der Waals surface area contributed by atoms with E-state index in [1.807, 2.05) is 6.92 Å². The first kappa shape index (κ1) is 22.0. The van der Waals surface area contributed by atoms with Crippen molar-refractivity contribution in [2.45, 2.75) is 33.2 Å². The highest BCUT2D eigenvalue weighted by molar-refractivity contribution is 7.92. The van der Waals surface area contributed by atoms with Crippen LogP contribution in [0.2, 0.25) is 5.02 Å². The summed E-state index contributed by atoms with van der Waals surface area (Å²) in [6, 6.07) is 11.0. The van der Waals surface area contributed by atoms with Gasteiger partial charge in [0, 0.05) is 16.8 Å². The number of hydrogen-bond acceptors (Lipinski definition) is 4. The standard InChI is InChI=1S/C20H25ClN2O4S/c1-5-18(20(24)22-16-8-7-9-17(13-16)27-6-2)23(28(4,25)26)19-12-15(21)11-10-14(19)3/h7-13,18H,5-6H2,1-4H3,(H,22,24). The van der Waals surface area contributed by atoms with E-state index in [1.165, 1.54) is 0 Å². The molecule has 0 heterocycles. The topological polar surface area (TPSA) is 75.7 Å². The van der Waals surface area contributed by atoms with Crippen LogP contribution in [-0.4, -0.2) is 33.2 Å². The van der Waals surface area contributed by atoms with Crippen LogP contribution in [0.4, 0.5) is 11.4 Å². The van der Waals surface area contributed by atoms with Gasteiger partial charge in [0.1, 0.15) is 11.8 Å². The van der Waals surface area contributed by atoms with Crippen molar-refractivity contribution in [3.63, 3.8) is 0 Å². The molecule has 0 saturated carbocycles. The van der Waals surface area contributed by atoms with Crippen LogP contribution in [0.25, 0.3) is 0 Å². The van der Waals surface area contributed by atoms with Crippen molar-refractivity contribution < 1.29 is 17.9 Å². The van der Waals surface area contributed by atoms with E-state index in [9.17, 15) is 13.2 Å². The molecular formula is C20H25ClN2O4S. The van der Waals surface area contributed by atoms with Gasteiger partial charge in [-0.3, -0.25) is 9.10 Å². The van der Waals surface area contributed by atoms with Gasteiger partial charge in [0.2, 0.25) is 15.9 Å². The minimum atomic E-state index is -3.73. The van der Waals surface area contributed by atoms with E-state index < -0.39 is 22.0 Å². The van der Waals surface area contributed by atoms with Gasteiger partial charge in [0.15, 0.2) is 0 Å². The molecule has 0 saturated heterocycles. The molecule has 2 aromatic rings. The van der Waals surface area contributed by atoms with E-state index in [0.29, 0.717) is 34.3 Å². The monoisotopic (exact) mass is 424 g/mol. The van der Waals surface area contributed by atoms with Crippen molar-refractivity contribution in [3.05, 3.63) is 53.1 Å². The molecule has 152 valence electrons. The third-order valence-corrected chi connectivity index (χ3v) is 5.55. The Morgan fingerprint density at radius 3 is 2.54 bits per heavy atom. The number of halogens is 1. The van der Waals surface area contributed by atoms with Crippen LogP contribution in [0.3, 0.4) is 0 Å². The summed E-state index contributed by atoms with van der Waals surface area (Å²) in [5, 5.41) is 3.19. The van der Waals surface area contributed by atoms with Crippen molar-refractivity contribution in [1.29, 1.82) is 0 Å². The molecule has 0 fully saturated rings. The molecule has 6 nitrogen and oxygen atoms in total. The molecular weight excluding hydrogens is 400 g/mol. The maximum Gasteiger partial charge on any atom is 0.248 e. The normalized spacial score (nSPS) is 12.3. The van der Waals surface area contributed by atoms with Gasteiger partial charge in [0.25, 0.3) is 0 Å². The second-order valence-electron chi connectivity index (χ2n) is 6.36. The summed E-state index contributed by atoms with van der Waals surface area (Å²) >= 11 is 6.08. The van der Waals surface area contributed by atoms with E-state index in [0.717, 1.165) is 10.6 Å². The van der Waals surface area contributed by atoms with Gasteiger partial charge in [-0.1, -0.05) is 30.7 Å². The highest BCUT2D eigenvalue weighted by atomic mass is 35.5. The number of nitrogens with zero attached hydrogens (tertiary/aromatic N) is 1. The highest BCUT2D eigenvalue weighted by Crippen LogP contribution is 2.29. The molecule has 0 aliphatic heterocycles. The third-order valence-electron chi connectivity index (χ3n) is 4.15. The molecule has 0 aliphatic carbocycles. The number of nitrogens with one attached hydrogen (secondary N) is 1. The Labute approximate surface area is 171 Å². The van der Waals surface area contributed by atoms with Crippen LogP contribution in [0.5, 0.6) is 5.75 Å².